The van der Waals surface area contributed by atoms with Gasteiger partial charge in [-0.15, -0.1) is 0 Å². The molecule has 0 radical (unpaired) electrons. The highest BCUT2D eigenvalue weighted by Crippen LogP contribution is 2.33. The maximum atomic E-state index is 14.5. The van der Waals surface area contributed by atoms with Gasteiger partial charge in [0.1, 0.15) is 11.6 Å². The fourth-order valence-electron chi connectivity index (χ4n) is 3.14. The van der Waals surface area contributed by atoms with Gasteiger partial charge in [0.05, 0.1) is 0 Å². The van der Waals surface area contributed by atoms with E-state index < -0.39 is 0 Å². The normalized spacial score (nSPS) is 12.5. The Morgan fingerprint density at radius 3 is 2.05 bits per heavy atom. The molecule has 0 saturated carbocycles. The van der Waals surface area contributed by atoms with Crippen molar-refractivity contribution in [2.24, 2.45) is 0 Å². The van der Waals surface area contributed by atoms with Gasteiger partial charge in [-0.2, -0.15) is 0 Å². The van der Waals surface area contributed by atoms with E-state index in [4.69, 9.17) is 0 Å². The zero-order chi connectivity index (χ0) is 16.4. The van der Waals surface area contributed by atoms with E-state index in [-0.39, 0.29) is 17.7 Å². The van der Waals surface area contributed by atoms with Gasteiger partial charge in [-0.05, 0) is 86.3 Å². The van der Waals surface area contributed by atoms with Crippen LogP contribution in [0.5, 0.6) is 0 Å². The average Bonchev–Trinajstić information content (AvgIpc) is 2.44. The number of aryl methyl sites for hydroxylation is 3. The Hall–Kier alpha value is -1.74. The number of hydrogen-bond donors (Lipinski definition) is 1. The summed E-state index contributed by atoms with van der Waals surface area (Å²) in [5.41, 5.74) is 4.95. The number of rotatable bonds is 4. The molecule has 0 aliphatic carbocycles. The smallest absolute Gasteiger partial charge is 0.130 e. The lowest BCUT2D eigenvalue weighted by Gasteiger charge is -2.19. The van der Waals surface area contributed by atoms with Gasteiger partial charge in [0.15, 0.2) is 0 Å². The molecule has 1 nitrogen and oxygen atoms in total. The largest absolute Gasteiger partial charge is 0.313 e. The molecule has 1 N–H and O–H groups in total. The van der Waals surface area contributed by atoms with E-state index in [1.807, 2.05) is 40.0 Å². The van der Waals surface area contributed by atoms with Gasteiger partial charge in [-0.25, -0.2) is 8.78 Å². The molecule has 0 amide bonds. The molecule has 1 atom stereocenters. The van der Waals surface area contributed by atoms with Crippen LogP contribution in [0.15, 0.2) is 24.3 Å². The second kappa shape index (κ2) is 6.57. The number of benzene rings is 2. The van der Waals surface area contributed by atoms with E-state index in [1.54, 1.807) is 6.92 Å². The molecule has 118 valence electrons. The second-order valence-electron chi connectivity index (χ2n) is 5.86. The Kier molecular flexibility index (Phi) is 4.97. The van der Waals surface area contributed by atoms with Gasteiger partial charge in [-0.3, -0.25) is 0 Å². The van der Waals surface area contributed by atoms with E-state index >= 15 is 0 Å². The highest BCUT2D eigenvalue weighted by molar-refractivity contribution is 5.72. The van der Waals surface area contributed by atoms with E-state index in [0.29, 0.717) is 11.1 Å². The molecule has 2 aromatic carbocycles. The SMILES string of the molecule is CCC(NC)c1cc(-c2c(C)cc(F)cc2C)cc(C)c1F. The summed E-state index contributed by atoms with van der Waals surface area (Å²) in [6.45, 7) is 7.58. The highest BCUT2D eigenvalue weighted by atomic mass is 19.1. The van der Waals surface area contributed by atoms with Crippen molar-refractivity contribution in [1.82, 2.24) is 5.32 Å². The molecule has 3 heteroatoms. The van der Waals surface area contributed by atoms with Crippen LogP contribution in [0.1, 0.15) is 41.6 Å². The van der Waals surface area contributed by atoms with Crippen LogP contribution in [0.4, 0.5) is 8.78 Å². The van der Waals surface area contributed by atoms with Crippen LogP contribution in [0.3, 0.4) is 0 Å². The molecule has 1 unspecified atom stereocenters. The Balaban J connectivity index is 2.68. The van der Waals surface area contributed by atoms with Crippen molar-refractivity contribution in [3.05, 3.63) is 58.2 Å². The van der Waals surface area contributed by atoms with E-state index in [9.17, 15) is 8.78 Å². The minimum atomic E-state index is -0.237. The third-order valence-electron chi connectivity index (χ3n) is 4.20. The topological polar surface area (TPSA) is 12.0 Å². The molecule has 0 spiro atoms. The van der Waals surface area contributed by atoms with Crippen LogP contribution in [-0.2, 0) is 0 Å². The lowest BCUT2D eigenvalue weighted by atomic mass is 9.90. The first-order valence-corrected chi connectivity index (χ1v) is 7.63. The summed E-state index contributed by atoms with van der Waals surface area (Å²) in [4.78, 5) is 0. The van der Waals surface area contributed by atoms with Crippen LogP contribution in [0, 0.1) is 32.4 Å². The molecular weight excluding hydrogens is 280 g/mol. The molecule has 0 heterocycles. The van der Waals surface area contributed by atoms with Crippen molar-refractivity contribution in [3.8, 4) is 11.1 Å². The predicted octanol–water partition coefficient (Wildman–Crippen LogP) is 5.23. The van der Waals surface area contributed by atoms with Crippen molar-refractivity contribution < 1.29 is 8.78 Å². The van der Waals surface area contributed by atoms with Crippen molar-refractivity contribution >= 4 is 0 Å². The summed E-state index contributed by atoms with van der Waals surface area (Å²) in [6, 6.07) is 6.75. The van der Waals surface area contributed by atoms with Gasteiger partial charge >= 0.3 is 0 Å². The average molecular weight is 303 g/mol. The number of nitrogens with one attached hydrogen (secondary N) is 1. The fourth-order valence-corrected chi connectivity index (χ4v) is 3.14. The lowest BCUT2D eigenvalue weighted by Crippen LogP contribution is -2.17. The first kappa shape index (κ1) is 16.6. The minimum Gasteiger partial charge on any atom is -0.313 e. The molecule has 0 aromatic heterocycles. The van der Waals surface area contributed by atoms with Gasteiger partial charge in [0.2, 0.25) is 0 Å². The molecule has 0 aliphatic heterocycles. The highest BCUT2D eigenvalue weighted by Gasteiger charge is 2.17. The van der Waals surface area contributed by atoms with Crippen LogP contribution in [0.25, 0.3) is 11.1 Å². The molecule has 0 bridgehead atoms. The van der Waals surface area contributed by atoms with Crippen LogP contribution >= 0.6 is 0 Å². The van der Waals surface area contributed by atoms with E-state index in [2.05, 4.69) is 5.32 Å². The predicted molar refractivity (Wildman–Crippen MR) is 88.1 cm³/mol. The van der Waals surface area contributed by atoms with Crippen molar-refractivity contribution in [2.75, 3.05) is 7.05 Å². The molecule has 2 rings (SSSR count). The Morgan fingerprint density at radius 2 is 1.55 bits per heavy atom. The van der Waals surface area contributed by atoms with Gasteiger partial charge in [0.25, 0.3) is 0 Å². The Labute approximate surface area is 131 Å². The van der Waals surface area contributed by atoms with Crippen LogP contribution in [-0.4, -0.2) is 7.05 Å². The quantitative estimate of drug-likeness (QED) is 0.815. The van der Waals surface area contributed by atoms with Crippen molar-refractivity contribution in [2.45, 2.75) is 40.2 Å². The second-order valence-corrected chi connectivity index (χ2v) is 5.86. The van der Waals surface area contributed by atoms with Gasteiger partial charge in [-0.1, -0.05) is 6.92 Å². The zero-order valence-electron chi connectivity index (χ0n) is 13.8. The van der Waals surface area contributed by atoms with E-state index in [1.165, 1.54) is 12.1 Å². The maximum Gasteiger partial charge on any atom is 0.130 e. The van der Waals surface area contributed by atoms with Crippen molar-refractivity contribution in [1.29, 1.82) is 0 Å². The molecule has 0 aliphatic rings. The summed E-state index contributed by atoms with van der Waals surface area (Å²) in [5.74, 6) is -0.401. The minimum absolute atomic E-state index is 0.0280. The molecule has 0 saturated heterocycles. The Morgan fingerprint density at radius 1 is 0.955 bits per heavy atom. The first-order valence-electron chi connectivity index (χ1n) is 7.63. The van der Waals surface area contributed by atoms with Gasteiger partial charge in [0, 0.05) is 11.6 Å². The summed E-state index contributed by atoms with van der Waals surface area (Å²) < 4.78 is 28.0. The number of halogens is 2. The number of hydrogen-bond acceptors (Lipinski definition) is 1. The van der Waals surface area contributed by atoms with Crippen LogP contribution < -0.4 is 5.32 Å². The lowest BCUT2D eigenvalue weighted by molar-refractivity contribution is 0.522. The Bertz CT molecular complexity index is 665. The maximum absolute atomic E-state index is 14.5. The van der Waals surface area contributed by atoms with Crippen LogP contribution in [0.2, 0.25) is 0 Å². The van der Waals surface area contributed by atoms with Gasteiger partial charge < -0.3 is 5.32 Å². The summed E-state index contributed by atoms with van der Waals surface area (Å²) in [7, 11) is 1.84. The fraction of sp³-hybridized carbons (Fsp3) is 0.368. The van der Waals surface area contributed by atoms with Crippen molar-refractivity contribution in [3.63, 3.8) is 0 Å². The summed E-state index contributed by atoms with van der Waals surface area (Å²) in [5, 5.41) is 3.15. The monoisotopic (exact) mass is 303 g/mol. The molecule has 2 aromatic rings. The third-order valence-corrected chi connectivity index (χ3v) is 4.20. The molecule has 0 fully saturated rings. The summed E-state index contributed by atoms with van der Waals surface area (Å²) in [6.07, 6.45) is 0.803. The third kappa shape index (κ3) is 3.05. The molecular formula is C19H23F2N. The zero-order valence-corrected chi connectivity index (χ0v) is 13.8. The van der Waals surface area contributed by atoms with E-state index in [0.717, 1.165) is 28.7 Å². The first-order chi connectivity index (χ1) is 10.4. The standard InChI is InChI=1S/C19H23F2N/c1-6-17(22-5)16-10-14(7-13(4)19(16)21)18-11(2)8-15(20)9-12(18)3/h7-10,17,22H,6H2,1-5H3. The summed E-state index contributed by atoms with van der Waals surface area (Å²) >= 11 is 0. The molecule has 22 heavy (non-hydrogen) atoms.